The van der Waals surface area contributed by atoms with E-state index in [0.717, 1.165) is 36.5 Å². The second-order valence-corrected chi connectivity index (χ2v) is 6.04. The van der Waals surface area contributed by atoms with Crippen LogP contribution in [0.3, 0.4) is 0 Å². The average Bonchev–Trinajstić information content (AvgIpc) is 2.85. The highest BCUT2D eigenvalue weighted by Crippen LogP contribution is 2.12. The zero-order valence-corrected chi connectivity index (χ0v) is 14.1. The maximum atomic E-state index is 12.1. The molecule has 0 fully saturated rings. The van der Waals surface area contributed by atoms with Crippen molar-refractivity contribution in [1.29, 1.82) is 0 Å². The van der Waals surface area contributed by atoms with Crippen LogP contribution in [0.2, 0.25) is 0 Å². The Balaban J connectivity index is 1.70. The van der Waals surface area contributed by atoms with Gasteiger partial charge in [0.25, 0.3) is 0 Å². The Morgan fingerprint density at radius 1 is 1.26 bits per heavy atom. The van der Waals surface area contributed by atoms with Crippen molar-refractivity contribution in [3.8, 4) is 0 Å². The lowest BCUT2D eigenvalue weighted by Crippen LogP contribution is -2.30. The minimum absolute atomic E-state index is 0.0537. The molecule has 0 aliphatic carbocycles. The van der Waals surface area contributed by atoms with Crippen LogP contribution in [0.4, 0.5) is 0 Å². The van der Waals surface area contributed by atoms with Gasteiger partial charge in [0.1, 0.15) is 0 Å². The molecule has 0 spiro atoms. The molecule has 0 unspecified atom stereocenters. The zero-order chi connectivity index (χ0) is 16.8. The lowest BCUT2D eigenvalue weighted by Gasteiger charge is -2.18. The van der Waals surface area contributed by atoms with Crippen molar-refractivity contribution in [1.82, 2.24) is 20.5 Å². The molecule has 2 N–H and O–H groups in total. The highest BCUT2D eigenvalue weighted by atomic mass is 16.2. The van der Waals surface area contributed by atoms with E-state index in [1.165, 1.54) is 5.56 Å². The molecular weight excluding hydrogens is 294 g/mol. The van der Waals surface area contributed by atoms with Gasteiger partial charge in [0.05, 0.1) is 5.69 Å². The van der Waals surface area contributed by atoms with Crippen LogP contribution >= 0.6 is 0 Å². The number of carbonyl (C=O) groups is 2. The number of amides is 2. The van der Waals surface area contributed by atoms with Crippen molar-refractivity contribution in [2.75, 3.05) is 13.6 Å². The molecule has 1 aliphatic heterocycles. The van der Waals surface area contributed by atoms with Crippen LogP contribution in [-0.4, -0.2) is 46.2 Å². The fraction of sp³-hybridized carbons (Fsp3) is 0.625. The number of aromatic nitrogens is 2. The van der Waals surface area contributed by atoms with Crippen LogP contribution in [-0.2, 0) is 16.0 Å². The van der Waals surface area contributed by atoms with Crippen molar-refractivity contribution in [3.05, 3.63) is 17.0 Å². The molecule has 2 amide bonds. The average molecular weight is 319 g/mol. The van der Waals surface area contributed by atoms with Gasteiger partial charge in [0.15, 0.2) is 0 Å². The van der Waals surface area contributed by atoms with Gasteiger partial charge in [-0.15, -0.1) is 0 Å². The van der Waals surface area contributed by atoms with Crippen LogP contribution < -0.4 is 5.43 Å². The fourth-order valence-corrected chi connectivity index (χ4v) is 2.69. The summed E-state index contributed by atoms with van der Waals surface area (Å²) < 4.78 is 0. The van der Waals surface area contributed by atoms with Crippen LogP contribution in [0.25, 0.3) is 0 Å². The van der Waals surface area contributed by atoms with Crippen LogP contribution in [0.5, 0.6) is 0 Å². The maximum Gasteiger partial charge on any atom is 0.240 e. The number of hydrogen-bond acceptors (Lipinski definition) is 4. The molecule has 0 radical (unpaired) electrons. The third-order valence-electron chi connectivity index (χ3n) is 4.23. The van der Waals surface area contributed by atoms with Crippen LogP contribution in [0.15, 0.2) is 5.10 Å². The highest BCUT2D eigenvalue weighted by molar-refractivity contribution is 5.94. The topological polar surface area (TPSA) is 90.4 Å². The summed E-state index contributed by atoms with van der Waals surface area (Å²) in [6, 6.07) is 0. The van der Waals surface area contributed by atoms with Crippen molar-refractivity contribution >= 4 is 17.5 Å². The first-order valence-electron chi connectivity index (χ1n) is 8.06. The van der Waals surface area contributed by atoms with Crippen LogP contribution in [0, 0.1) is 13.8 Å². The summed E-state index contributed by atoms with van der Waals surface area (Å²) in [4.78, 5) is 24.9. The van der Waals surface area contributed by atoms with E-state index in [4.69, 9.17) is 0 Å². The fourth-order valence-electron chi connectivity index (χ4n) is 2.69. The zero-order valence-electron chi connectivity index (χ0n) is 14.1. The SMILES string of the molecule is Cc1n[nH]c(C)c1CCCN(C)C(=O)CCC1=NNC(=O)CC1. The summed E-state index contributed by atoms with van der Waals surface area (Å²) in [7, 11) is 1.84. The smallest absolute Gasteiger partial charge is 0.240 e. The molecule has 7 nitrogen and oxygen atoms in total. The summed E-state index contributed by atoms with van der Waals surface area (Å²) in [5.74, 6) is 0.0623. The molecule has 2 heterocycles. The Kier molecular flexibility index (Phi) is 5.90. The Morgan fingerprint density at radius 2 is 2.04 bits per heavy atom. The van der Waals surface area contributed by atoms with E-state index in [1.807, 2.05) is 20.9 Å². The first kappa shape index (κ1) is 17.2. The van der Waals surface area contributed by atoms with Gasteiger partial charge in [-0.2, -0.15) is 10.2 Å². The van der Waals surface area contributed by atoms with Crippen molar-refractivity contribution < 1.29 is 9.59 Å². The minimum atomic E-state index is -0.0537. The Labute approximate surface area is 136 Å². The molecule has 7 heteroatoms. The predicted molar refractivity (Wildman–Crippen MR) is 88.1 cm³/mol. The molecule has 0 aromatic carbocycles. The van der Waals surface area contributed by atoms with E-state index in [1.54, 1.807) is 4.90 Å². The number of nitrogens with one attached hydrogen (secondary N) is 2. The number of aromatic amines is 1. The molecule has 0 bridgehead atoms. The lowest BCUT2D eigenvalue weighted by molar-refractivity contribution is -0.129. The number of H-pyrrole nitrogens is 1. The van der Waals surface area contributed by atoms with Gasteiger partial charge in [0.2, 0.25) is 11.8 Å². The van der Waals surface area contributed by atoms with E-state index in [9.17, 15) is 9.59 Å². The van der Waals surface area contributed by atoms with Gasteiger partial charge in [-0.3, -0.25) is 14.7 Å². The van der Waals surface area contributed by atoms with Gasteiger partial charge in [-0.1, -0.05) is 0 Å². The van der Waals surface area contributed by atoms with E-state index in [-0.39, 0.29) is 11.8 Å². The largest absolute Gasteiger partial charge is 0.346 e. The predicted octanol–water partition coefficient (Wildman–Crippen LogP) is 1.46. The van der Waals surface area contributed by atoms with Crippen molar-refractivity contribution in [2.45, 2.75) is 52.4 Å². The third kappa shape index (κ3) is 4.91. The first-order valence-corrected chi connectivity index (χ1v) is 8.06. The highest BCUT2D eigenvalue weighted by Gasteiger charge is 2.15. The summed E-state index contributed by atoms with van der Waals surface area (Å²) >= 11 is 0. The number of hydrogen-bond donors (Lipinski definition) is 2. The molecule has 126 valence electrons. The van der Waals surface area contributed by atoms with Gasteiger partial charge in [-0.25, -0.2) is 5.43 Å². The maximum absolute atomic E-state index is 12.1. The number of rotatable bonds is 7. The number of aryl methyl sites for hydroxylation is 2. The minimum Gasteiger partial charge on any atom is -0.346 e. The standard InChI is InChI=1S/C16H25N5O2/c1-11-14(12(2)18-17-11)5-4-10-21(3)16(23)9-7-13-6-8-15(22)20-19-13/h4-10H2,1-3H3,(H,17,18)(H,20,22). The molecular formula is C16H25N5O2. The third-order valence-corrected chi connectivity index (χ3v) is 4.23. The Hall–Kier alpha value is -2.18. The second-order valence-electron chi connectivity index (χ2n) is 6.04. The van der Waals surface area contributed by atoms with Crippen molar-refractivity contribution in [3.63, 3.8) is 0 Å². The van der Waals surface area contributed by atoms with Gasteiger partial charge >= 0.3 is 0 Å². The van der Waals surface area contributed by atoms with E-state index in [2.05, 4.69) is 20.7 Å². The molecule has 1 aromatic rings. The lowest BCUT2D eigenvalue weighted by atomic mass is 10.1. The summed E-state index contributed by atoms with van der Waals surface area (Å²) in [5, 5.41) is 11.2. The molecule has 0 saturated carbocycles. The van der Waals surface area contributed by atoms with E-state index in [0.29, 0.717) is 25.7 Å². The molecule has 1 aliphatic rings. The summed E-state index contributed by atoms with van der Waals surface area (Å²) in [6.07, 6.45) is 4.01. The molecule has 1 aromatic heterocycles. The van der Waals surface area contributed by atoms with Gasteiger partial charge in [-0.05, 0) is 45.1 Å². The van der Waals surface area contributed by atoms with E-state index >= 15 is 0 Å². The van der Waals surface area contributed by atoms with Crippen LogP contribution in [0.1, 0.15) is 49.1 Å². The first-order chi connectivity index (χ1) is 11.0. The monoisotopic (exact) mass is 319 g/mol. The quantitative estimate of drug-likeness (QED) is 0.797. The number of carbonyl (C=O) groups excluding carboxylic acids is 2. The summed E-state index contributed by atoms with van der Waals surface area (Å²) in [5.41, 5.74) is 6.75. The van der Waals surface area contributed by atoms with Gasteiger partial charge in [0, 0.05) is 37.8 Å². The molecule has 0 saturated heterocycles. The Morgan fingerprint density at radius 3 is 2.65 bits per heavy atom. The van der Waals surface area contributed by atoms with Gasteiger partial charge < -0.3 is 4.90 Å². The Bertz CT molecular complexity index is 586. The summed E-state index contributed by atoms with van der Waals surface area (Å²) in [6.45, 7) is 4.75. The number of nitrogens with zero attached hydrogens (tertiary/aromatic N) is 3. The molecule has 2 rings (SSSR count). The number of hydrazone groups is 1. The second kappa shape index (κ2) is 7.89. The molecule has 0 atom stereocenters. The molecule has 23 heavy (non-hydrogen) atoms. The normalized spacial score (nSPS) is 14.4. The van der Waals surface area contributed by atoms with Crippen molar-refractivity contribution in [2.24, 2.45) is 5.10 Å². The van der Waals surface area contributed by atoms with E-state index < -0.39 is 0 Å².